The van der Waals surface area contributed by atoms with E-state index < -0.39 is 0 Å². The Hall–Kier alpha value is -3.18. The molecule has 0 saturated heterocycles. The van der Waals surface area contributed by atoms with Crippen molar-refractivity contribution >= 4 is 66.6 Å². The van der Waals surface area contributed by atoms with E-state index in [4.69, 9.17) is 18.9 Å². The topological polar surface area (TPSA) is 78.9 Å². The minimum Gasteiger partial charge on any atom is -0.490 e. The molecule has 7 nitrogen and oxygen atoms in total. The Morgan fingerprint density at radius 2 is 1.90 bits per heavy atom. The van der Waals surface area contributed by atoms with Crippen LogP contribution in [0.3, 0.4) is 0 Å². The number of halogens is 2. The van der Waals surface area contributed by atoms with Crippen molar-refractivity contribution in [1.82, 2.24) is 9.66 Å². The SMILES string of the molecule is CCOc1cc(C=Nn2c(-c3cc4cc(Br)ccc4o3)nc3ccccc3c2=O)cc(I)c1OCC(C)(C)C. The van der Waals surface area contributed by atoms with Crippen molar-refractivity contribution in [2.45, 2.75) is 27.7 Å². The fourth-order valence-corrected chi connectivity index (χ4v) is 5.15. The number of nitrogens with zero attached hydrogens (tertiary/aromatic N) is 3. The number of fused-ring (bicyclic) bond motifs is 2. The van der Waals surface area contributed by atoms with Crippen LogP contribution in [0.1, 0.15) is 33.3 Å². The summed E-state index contributed by atoms with van der Waals surface area (Å²) in [7, 11) is 0. The highest BCUT2D eigenvalue weighted by atomic mass is 127. The summed E-state index contributed by atoms with van der Waals surface area (Å²) in [6.45, 7) is 9.33. The third-order valence-electron chi connectivity index (χ3n) is 5.76. The lowest BCUT2D eigenvalue weighted by Gasteiger charge is -2.21. The molecule has 39 heavy (non-hydrogen) atoms. The zero-order valence-corrected chi connectivity index (χ0v) is 25.7. The molecule has 0 fully saturated rings. The van der Waals surface area contributed by atoms with E-state index in [1.165, 1.54) is 4.68 Å². The van der Waals surface area contributed by atoms with E-state index in [0.717, 1.165) is 19.0 Å². The largest absolute Gasteiger partial charge is 0.490 e. The number of rotatable bonds is 7. The first-order valence-corrected chi connectivity index (χ1v) is 14.3. The van der Waals surface area contributed by atoms with Crippen molar-refractivity contribution in [2.75, 3.05) is 13.2 Å². The smallest absolute Gasteiger partial charge is 0.282 e. The third-order valence-corrected chi connectivity index (χ3v) is 7.05. The van der Waals surface area contributed by atoms with Gasteiger partial charge in [-0.15, -0.1) is 0 Å². The third kappa shape index (κ3) is 6.04. The molecule has 2 heterocycles. The van der Waals surface area contributed by atoms with Crippen LogP contribution in [0.5, 0.6) is 11.5 Å². The van der Waals surface area contributed by atoms with Crippen molar-refractivity contribution in [1.29, 1.82) is 0 Å². The zero-order valence-electron chi connectivity index (χ0n) is 22.0. The molecule has 0 spiro atoms. The Morgan fingerprint density at radius 1 is 1.10 bits per heavy atom. The monoisotopic (exact) mass is 699 g/mol. The van der Waals surface area contributed by atoms with E-state index in [1.807, 2.05) is 55.5 Å². The molecular weight excluding hydrogens is 673 g/mol. The van der Waals surface area contributed by atoms with Crippen molar-refractivity contribution in [3.63, 3.8) is 0 Å². The molecule has 0 saturated carbocycles. The maximum Gasteiger partial charge on any atom is 0.282 e. The van der Waals surface area contributed by atoms with Gasteiger partial charge in [-0.2, -0.15) is 9.78 Å². The summed E-state index contributed by atoms with van der Waals surface area (Å²) < 4.78 is 21.2. The number of hydrogen-bond acceptors (Lipinski definition) is 6. The second-order valence-electron chi connectivity index (χ2n) is 10.2. The average molecular weight is 700 g/mol. The van der Waals surface area contributed by atoms with Crippen LogP contribution in [-0.4, -0.2) is 29.1 Å². The standard InChI is InChI=1S/C30H27BrIN3O4/c1-5-37-25-13-18(12-22(32)27(25)38-17-30(2,3)4)16-33-35-28(34-23-9-7-6-8-21(23)29(35)36)26-15-19-14-20(31)10-11-24(19)39-26/h6-16H,5,17H2,1-4H3. The molecule has 0 aliphatic rings. The number of benzene rings is 3. The highest BCUT2D eigenvalue weighted by Crippen LogP contribution is 2.35. The molecule has 0 aliphatic carbocycles. The molecule has 0 amide bonds. The van der Waals surface area contributed by atoms with Gasteiger partial charge in [0.2, 0.25) is 5.82 Å². The van der Waals surface area contributed by atoms with Crippen LogP contribution in [0.4, 0.5) is 0 Å². The molecular formula is C30H27BrIN3O4. The molecule has 3 aromatic carbocycles. The summed E-state index contributed by atoms with van der Waals surface area (Å²) in [6.07, 6.45) is 1.62. The molecule has 0 radical (unpaired) electrons. The first kappa shape index (κ1) is 27.4. The van der Waals surface area contributed by atoms with E-state index in [2.05, 4.69) is 64.4 Å². The summed E-state index contributed by atoms with van der Waals surface area (Å²) in [6, 6.07) is 18.6. The van der Waals surface area contributed by atoms with E-state index >= 15 is 0 Å². The van der Waals surface area contributed by atoms with Crippen molar-refractivity contribution in [2.24, 2.45) is 10.5 Å². The maximum absolute atomic E-state index is 13.6. The molecule has 0 atom stereocenters. The number of hydrogen-bond donors (Lipinski definition) is 0. The van der Waals surface area contributed by atoms with Crippen LogP contribution in [0.15, 0.2) is 79.4 Å². The number of furan rings is 1. The lowest BCUT2D eigenvalue weighted by atomic mass is 9.99. The Labute approximate surface area is 248 Å². The Morgan fingerprint density at radius 3 is 2.67 bits per heavy atom. The number of para-hydroxylation sites is 1. The van der Waals surface area contributed by atoms with Gasteiger partial charge < -0.3 is 13.9 Å². The lowest BCUT2D eigenvalue weighted by molar-refractivity contribution is 0.187. The van der Waals surface area contributed by atoms with Crippen molar-refractivity contribution in [3.05, 3.63) is 84.6 Å². The van der Waals surface area contributed by atoms with Crippen LogP contribution in [0.2, 0.25) is 0 Å². The zero-order chi connectivity index (χ0) is 27.7. The van der Waals surface area contributed by atoms with Crippen LogP contribution < -0.4 is 15.0 Å². The lowest BCUT2D eigenvalue weighted by Crippen LogP contribution is -2.20. The first-order chi connectivity index (χ1) is 18.6. The summed E-state index contributed by atoms with van der Waals surface area (Å²) >= 11 is 5.73. The van der Waals surface area contributed by atoms with Gasteiger partial charge in [-0.1, -0.05) is 48.8 Å². The Bertz CT molecular complexity index is 1770. The molecule has 0 unspecified atom stereocenters. The first-order valence-electron chi connectivity index (χ1n) is 12.5. The van der Waals surface area contributed by atoms with Gasteiger partial charge in [0.25, 0.3) is 5.56 Å². The summed E-state index contributed by atoms with van der Waals surface area (Å²) in [4.78, 5) is 18.4. The predicted octanol–water partition coefficient (Wildman–Crippen LogP) is 7.88. The van der Waals surface area contributed by atoms with Gasteiger partial charge in [-0.05, 0) is 89.0 Å². The molecule has 0 aliphatic heterocycles. The van der Waals surface area contributed by atoms with Gasteiger partial charge >= 0.3 is 0 Å². The molecule has 200 valence electrons. The maximum atomic E-state index is 13.6. The van der Waals surface area contributed by atoms with Crippen molar-refractivity contribution < 1.29 is 13.9 Å². The van der Waals surface area contributed by atoms with Gasteiger partial charge in [-0.25, -0.2) is 4.98 Å². The second kappa shape index (κ2) is 11.1. The number of ether oxygens (including phenoxy) is 2. The molecule has 5 aromatic rings. The molecule has 0 bridgehead atoms. The highest BCUT2D eigenvalue weighted by Gasteiger charge is 2.18. The summed E-state index contributed by atoms with van der Waals surface area (Å²) in [5.74, 6) is 2.08. The number of aromatic nitrogens is 2. The van der Waals surface area contributed by atoms with Gasteiger partial charge in [0.05, 0.1) is 33.9 Å². The van der Waals surface area contributed by atoms with Crippen LogP contribution >= 0.6 is 38.5 Å². The van der Waals surface area contributed by atoms with E-state index in [-0.39, 0.29) is 11.0 Å². The van der Waals surface area contributed by atoms with Gasteiger partial charge in [0.15, 0.2) is 17.3 Å². The highest BCUT2D eigenvalue weighted by molar-refractivity contribution is 14.1. The fraction of sp³-hybridized carbons (Fsp3) is 0.233. The van der Waals surface area contributed by atoms with E-state index in [0.29, 0.717) is 52.8 Å². The predicted molar refractivity (Wildman–Crippen MR) is 167 cm³/mol. The summed E-state index contributed by atoms with van der Waals surface area (Å²) in [5.41, 5.74) is 1.72. The van der Waals surface area contributed by atoms with Crippen LogP contribution in [-0.2, 0) is 0 Å². The van der Waals surface area contributed by atoms with Gasteiger partial charge in [-0.3, -0.25) is 4.79 Å². The van der Waals surface area contributed by atoms with E-state index in [1.54, 1.807) is 18.3 Å². The Kier molecular flexibility index (Phi) is 7.82. The normalized spacial score (nSPS) is 12.1. The van der Waals surface area contributed by atoms with Crippen LogP contribution in [0, 0.1) is 8.99 Å². The van der Waals surface area contributed by atoms with Gasteiger partial charge in [0, 0.05) is 9.86 Å². The van der Waals surface area contributed by atoms with Gasteiger partial charge in [0.1, 0.15) is 5.58 Å². The molecule has 2 aromatic heterocycles. The molecule has 0 N–H and O–H groups in total. The molecule has 9 heteroatoms. The minimum atomic E-state index is -0.293. The minimum absolute atomic E-state index is 0.0000792. The quantitative estimate of drug-likeness (QED) is 0.128. The fourth-order valence-electron chi connectivity index (χ4n) is 3.99. The molecule has 5 rings (SSSR count). The average Bonchev–Trinajstić information content (AvgIpc) is 3.30. The van der Waals surface area contributed by atoms with E-state index in [9.17, 15) is 4.79 Å². The second-order valence-corrected chi connectivity index (χ2v) is 12.3. The summed E-state index contributed by atoms with van der Waals surface area (Å²) in [5, 5.41) is 5.95. The Balaban J connectivity index is 1.61. The van der Waals surface area contributed by atoms with Crippen LogP contribution in [0.25, 0.3) is 33.5 Å². The van der Waals surface area contributed by atoms with Crippen molar-refractivity contribution in [3.8, 4) is 23.1 Å².